The molecule has 0 saturated heterocycles. The Kier molecular flexibility index (Phi) is 15.4. The number of unbranched alkanes of at least 4 members (excludes halogenated alkanes) is 9. The number of hydrogen-bond donors (Lipinski definition) is 2. The van der Waals surface area contributed by atoms with Crippen molar-refractivity contribution in [2.75, 3.05) is 6.54 Å². The first-order valence-corrected chi connectivity index (χ1v) is 9.11. The number of rotatable bonds is 15. The molecule has 0 rings (SSSR count). The summed E-state index contributed by atoms with van der Waals surface area (Å²) in [4.78, 5) is 11.5. The number of carbonyl (C=O) groups is 1. The van der Waals surface area contributed by atoms with Crippen molar-refractivity contribution in [2.24, 2.45) is 0 Å². The third-order valence-electron chi connectivity index (χ3n) is 3.88. The first-order valence-electron chi connectivity index (χ1n) is 9.11. The lowest BCUT2D eigenvalue weighted by Gasteiger charge is -2.06. The molecule has 0 aliphatic heterocycles. The van der Waals surface area contributed by atoms with Gasteiger partial charge in [0.05, 0.1) is 6.10 Å². The largest absolute Gasteiger partial charge is 0.393 e. The van der Waals surface area contributed by atoms with E-state index >= 15 is 0 Å². The van der Waals surface area contributed by atoms with Crippen molar-refractivity contribution in [1.82, 2.24) is 5.32 Å². The Hall–Kier alpha value is -0.570. The third kappa shape index (κ3) is 17.4. The lowest BCUT2D eigenvalue weighted by Crippen LogP contribution is -2.24. The smallest absolute Gasteiger partial charge is 0.219 e. The Labute approximate surface area is 131 Å². The Balaban J connectivity index is 3.12. The van der Waals surface area contributed by atoms with Crippen LogP contribution in [0.3, 0.4) is 0 Å². The van der Waals surface area contributed by atoms with E-state index in [0.717, 1.165) is 19.4 Å². The van der Waals surface area contributed by atoms with Gasteiger partial charge in [0.1, 0.15) is 0 Å². The van der Waals surface area contributed by atoms with Gasteiger partial charge in [-0.3, -0.25) is 4.79 Å². The summed E-state index contributed by atoms with van der Waals surface area (Å²) in [5.74, 6) is 0.131. The van der Waals surface area contributed by atoms with Gasteiger partial charge >= 0.3 is 0 Å². The molecule has 126 valence electrons. The highest BCUT2D eigenvalue weighted by Gasteiger charge is 2.02. The van der Waals surface area contributed by atoms with Crippen LogP contribution in [0.25, 0.3) is 0 Å². The van der Waals surface area contributed by atoms with Crippen LogP contribution in [0.5, 0.6) is 0 Å². The van der Waals surface area contributed by atoms with Gasteiger partial charge in [0.25, 0.3) is 0 Å². The fraction of sp³-hybridized carbons (Fsp3) is 0.944. The lowest BCUT2D eigenvalue weighted by atomic mass is 10.1. The molecule has 0 heterocycles. The SMILES string of the molecule is CCCCCCCCCCCCNC(=O)CCCC(C)O. The number of hydrogen-bond acceptors (Lipinski definition) is 2. The molecule has 0 radical (unpaired) electrons. The molecule has 0 aliphatic carbocycles. The number of amides is 1. The second-order valence-corrected chi connectivity index (χ2v) is 6.27. The van der Waals surface area contributed by atoms with E-state index in [9.17, 15) is 4.79 Å². The van der Waals surface area contributed by atoms with E-state index in [0.29, 0.717) is 12.8 Å². The zero-order chi connectivity index (χ0) is 15.8. The summed E-state index contributed by atoms with van der Waals surface area (Å²) in [6.45, 7) is 4.83. The molecule has 21 heavy (non-hydrogen) atoms. The van der Waals surface area contributed by atoms with Gasteiger partial charge in [-0.25, -0.2) is 0 Å². The van der Waals surface area contributed by atoms with E-state index in [1.54, 1.807) is 6.92 Å². The molecule has 1 unspecified atom stereocenters. The van der Waals surface area contributed by atoms with Crippen molar-refractivity contribution < 1.29 is 9.90 Å². The van der Waals surface area contributed by atoms with Gasteiger partial charge in [-0.2, -0.15) is 0 Å². The monoisotopic (exact) mass is 299 g/mol. The van der Waals surface area contributed by atoms with Gasteiger partial charge in [-0.1, -0.05) is 64.7 Å². The Morgan fingerprint density at radius 3 is 1.95 bits per heavy atom. The minimum absolute atomic E-state index is 0.131. The predicted molar refractivity (Wildman–Crippen MR) is 90.4 cm³/mol. The third-order valence-corrected chi connectivity index (χ3v) is 3.88. The van der Waals surface area contributed by atoms with E-state index in [1.807, 2.05) is 0 Å². The standard InChI is InChI=1S/C18H37NO2/c1-3-4-5-6-7-8-9-10-11-12-16-19-18(21)15-13-14-17(2)20/h17,20H,3-16H2,1-2H3,(H,19,21). The molecule has 0 aromatic heterocycles. The maximum atomic E-state index is 11.5. The van der Waals surface area contributed by atoms with Gasteiger partial charge in [0, 0.05) is 13.0 Å². The van der Waals surface area contributed by atoms with Crippen LogP contribution in [-0.2, 0) is 4.79 Å². The molecule has 0 bridgehead atoms. The highest BCUT2D eigenvalue weighted by atomic mass is 16.3. The van der Waals surface area contributed by atoms with Crippen LogP contribution in [-0.4, -0.2) is 23.7 Å². The van der Waals surface area contributed by atoms with E-state index < -0.39 is 0 Å². The van der Waals surface area contributed by atoms with Crippen molar-refractivity contribution in [1.29, 1.82) is 0 Å². The predicted octanol–water partition coefficient (Wildman–Crippen LogP) is 4.57. The first-order chi connectivity index (χ1) is 10.2. The van der Waals surface area contributed by atoms with Crippen LogP contribution in [0, 0.1) is 0 Å². The molecule has 1 atom stereocenters. The summed E-state index contributed by atoms with van der Waals surface area (Å²) in [7, 11) is 0. The molecule has 0 aliphatic rings. The fourth-order valence-corrected chi connectivity index (χ4v) is 2.49. The molecule has 2 N–H and O–H groups in total. The van der Waals surface area contributed by atoms with Gasteiger partial charge in [-0.05, 0) is 26.2 Å². The average Bonchev–Trinajstić information content (AvgIpc) is 2.44. The Morgan fingerprint density at radius 2 is 1.43 bits per heavy atom. The van der Waals surface area contributed by atoms with Crippen LogP contribution in [0.4, 0.5) is 0 Å². The molecular weight excluding hydrogens is 262 g/mol. The van der Waals surface area contributed by atoms with Gasteiger partial charge in [0.15, 0.2) is 0 Å². The van der Waals surface area contributed by atoms with E-state index in [1.165, 1.54) is 57.8 Å². The molecule has 1 amide bonds. The van der Waals surface area contributed by atoms with Crippen molar-refractivity contribution in [3.05, 3.63) is 0 Å². The minimum Gasteiger partial charge on any atom is -0.393 e. The number of aliphatic hydroxyl groups excluding tert-OH is 1. The van der Waals surface area contributed by atoms with Crippen molar-refractivity contribution in [3.63, 3.8) is 0 Å². The highest BCUT2D eigenvalue weighted by Crippen LogP contribution is 2.10. The maximum absolute atomic E-state index is 11.5. The summed E-state index contributed by atoms with van der Waals surface area (Å²) >= 11 is 0. The molecule has 0 fully saturated rings. The van der Waals surface area contributed by atoms with E-state index in [-0.39, 0.29) is 12.0 Å². The normalized spacial score (nSPS) is 12.3. The Bertz CT molecular complexity index is 229. The maximum Gasteiger partial charge on any atom is 0.219 e. The summed E-state index contributed by atoms with van der Waals surface area (Å²) in [6, 6.07) is 0. The van der Waals surface area contributed by atoms with Gasteiger partial charge < -0.3 is 10.4 Å². The molecule has 0 aromatic carbocycles. The fourth-order valence-electron chi connectivity index (χ4n) is 2.49. The van der Waals surface area contributed by atoms with Crippen molar-refractivity contribution in [3.8, 4) is 0 Å². The van der Waals surface area contributed by atoms with Crippen molar-refractivity contribution in [2.45, 2.75) is 103 Å². The second kappa shape index (κ2) is 15.8. The quantitative estimate of drug-likeness (QED) is 0.435. The van der Waals surface area contributed by atoms with Crippen LogP contribution < -0.4 is 5.32 Å². The molecule has 3 nitrogen and oxygen atoms in total. The number of nitrogens with one attached hydrogen (secondary N) is 1. The number of aliphatic hydroxyl groups is 1. The topological polar surface area (TPSA) is 49.3 Å². The summed E-state index contributed by atoms with van der Waals surface area (Å²) in [5.41, 5.74) is 0. The van der Waals surface area contributed by atoms with Crippen LogP contribution in [0.1, 0.15) is 97.3 Å². The molecule has 0 aromatic rings. The Morgan fingerprint density at radius 1 is 0.905 bits per heavy atom. The zero-order valence-corrected chi connectivity index (χ0v) is 14.3. The average molecular weight is 299 g/mol. The molecule has 0 saturated carbocycles. The van der Waals surface area contributed by atoms with Gasteiger partial charge in [0.2, 0.25) is 5.91 Å². The molecule has 0 spiro atoms. The molecular formula is C18H37NO2. The summed E-state index contributed by atoms with van der Waals surface area (Å²) < 4.78 is 0. The van der Waals surface area contributed by atoms with E-state index in [2.05, 4.69) is 12.2 Å². The van der Waals surface area contributed by atoms with Crippen LogP contribution in [0.2, 0.25) is 0 Å². The highest BCUT2D eigenvalue weighted by molar-refractivity contribution is 5.75. The lowest BCUT2D eigenvalue weighted by molar-refractivity contribution is -0.121. The summed E-state index contributed by atoms with van der Waals surface area (Å²) in [6.07, 6.45) is 15.0. The molecule has 3 heteroatoms. The second-order valence-electron chi connectivity index (χ2n) is 6.27. The summed E-state index contributed by atoms with van der Waals surface area (Å²) in [5, 5.41) is 12.1. The first kappa shape index (κ1) is 20.4. The zero-order valence-electron chi connectivity index (χ0n) is 14.3. The van der Waals surface area contributed by atoms with Crippen LogP contribution >= 0.6 is 0 Å². The minimum atomic E-state index is -0.292. The number of carbonyl (C=O) groups excluding carboxylic acids is 1. The van der Waals surface area contributed by atoms with E-state index in [4.69, 9.17) is 5.11 Å². The van der Waals surface area contributed by atoms with Crippen molar-refractivity contribution >= 4 is 5.91 Å². The van der Waals surface area contributed by atoms with Crippen LogP contribution in [0.15, 0.2) is 0 Å². The van der Waals surface area contributed by atoms with Gasteiger partial charge in [-0.15, -0.1) is 0 Å².